The molecule has 7 heteroatoms. The predicted octanol–water partition coefficient (Wildman–Crippen LogP) is 2.63. The zero-order valence-electron chi connectivity index (χ0n) is 16.8. The Morgan fingerprint density at radius 2 is 1.79 bits per heavy atom. The van der Waals surface area contributed by atoms with E-state index in [-0.39, 0.29) is 23.8 Å². The number of aromatic carboxylic acids is 1. The topological polar surface area (TPSA) is 105 Å². The van der Waals surface area contributed by atoms with Crippen molar-refractivity contribution in [2.75, 3.05) is 13.7 Å². The first kappa shape index (κ1) is 21.9. The van der Waals surface area contributed by atoms with E-state index in [4.69, 9.17) is 9.84 Å². The van der Waals surface area contributed by atoms with Crippen LogP contribution in [-0.4, -0.2) is 36.5 Å². The summed E-state index contributed by atoms with van der Waals surface area (Å²) in [5, 5.41) is 14.7. The van der Waals surface area contributed by atoms with Crippen molar-refractivity contribution in [3.8, 4) is 5.75 Å². The number of methoxy groups -OCH3 is 1. The van der Waals surface area contributed by atoms with Crippen LogP contribution >= 0.6 is 0 Å². The van der Waals surface area contributed by atoms with Crippen LogP contribution in [0, 0.1) is 6.92 Å². The Kier molecular flexibility index (Phi) is 7.77. The number of amides is 2. The molecule has 3 N–H and O–H groups in total. The van der Waals surface area contributed by atoms with Crippen molar-refractivity contribution in [3.63, 3.8) is 0 Å². The van der Waals surface area contributed by atoms with E-state index in [0.717, 1.165) is 16.7 Å². The van der Waals surface area contributed by atoms with Gasteiger partial charge in [-0.05, 0) is 36.6 Å². The molecule has 2 amide bonds. The molecule has 1 unspecified atom stereocenters. The van der Waals surface area contributed by atoms with E-state index in [1.54, 1.807) is 6.07 Å². The summed E-state index contributed by atoms with van der Waals surface area (Å²) < 4.78 is 5.25. The van der Waals surface area contributed by atoms with E-state index in [1.165, 1.54) is 26.2 Å². The Bertz CT molecular complexity index is 877. The fourth-order valence-electron chi connectivity index (χ4n) is 2.97. The van der Waals surface area contributed by atoms with Gasteiger partial charge in [0.25, 0.3) is 0 Å². The van der Waals surface area contributed by atoms with Gasteiger partial charge in [0, 0.05) is 13.5 Å². The van der Waals surface area contributed by atoms with E-state index < -0.39 is 12.0 Å². The van der Waals surface area contributed by atoms with Gasteiger partial charge < -0.3 is 20.5 Å². The van der Waals surface area contributed by atoms with Gasteiger partial charge in [0.1, 0.15) is 5.75 Å². The number of carboxylic acid groups (broad SMARTS) is 1. The third kappa shape index (κ3) is 6.64. The molecule has 0 radical (unpaired) electrons. The maximum atomic E-state index is 12.4. The number of carbonyl (C=O) groups is 3. The highest BCUT2D eigenvalue weighted by molar-refractivity contribution is 5.88. The molecule has 2 aromatic carbocycles. The fraction of sp³-hybridized carbons (Fsp3) is 0.318. The van der Waals surface area contributed by atoms with E-state index in [9.17, 15) is 14.4 Å². The molecule has 0 bridgehead atoms. The molecule has 0 aliphatic carbocycles. The molecule has 0 saturated carbocycles. The molecular weight excluding hydrogens is 372 g/mol. The van der Waals surface area contributed by atoms with Gasteiger partial charge in [-0.1, -0.05) is 35.9 Å². The van der Waals surface area contributed by atoms with Crippen LogP contribution in [0.25, 0.3) is 0 Å². The van der Waals surface area contributed by atoms with Gasteiger partial charge in [0.2, 0.25) is 11.8 Å². The van der Waals surface area contributed by atoms with Crippen LogP contribution in [0.5, 0.6) is 5.75 Å². The molecule has 154 valence electrons. The van der Waals surface area contributed by atoms with Gasteiger partial charge in [-0.3, -0.25) is 9.59 Å². The second kappa shape index (κ2) is 10.3. The minimum atomic E-state index is -1.02. The van der Waals surface area contributed by atoms with Crippen molar-refractivity contribution in [3.05, 3.63) is 64.7 Å². The number of ether oxygens (including phenoxy) is 1. The minimum absolute atomic E-state index is 0.123. The van der Waals surface area contributed by atoms with Gasteiger partial charge in [-0.15, -0.1) is 0 Å². The van der Waals surface area contributed by atoms with E-state index >= 15 is 0 Å². The van der Waals surface area contributed by atoms with E-state index in [0.29, 0.717) is 18.7 Å². The number of hydrogen-bond acceptors (Lipinski definition) is 4. The molecule has 1 atom stereocenters. The lowest BCUT2D eigenvalue weighted by Crippen LogP contribution is -2.33. The lowest BCUT2D eigenvalue weighted by atomic mass is 10.0. The fourth-order valence-corrected chi connectivity index (χ4v) is 2.97. The van der Waals surface area contributed by atoms with Crippen LogP contribution in [0.3, 0.4) is 0 Å². The third-order valence-electron chi connectivity index (χ3n) is 4.50. The molecule has 0 heterocycles. The van der Waals surface area contributed by atoms with Gasteiger partial charge in [0.15, 0.2) is 0 Å². The monoisotopic (exact) mass is 398 g/mol. The molecule has 0 spiro atoms. The lowest BCUT2D eigenvalue weighted by Gasteiger charge is -2.18. The summed E-state index contributed by atoms with van der Waals surface area (Å²) in [7, 11) is 1.47. The van der Waals surface area contributed by atoms with Gasteiger partial charge in [-0.25, -0.2) is 4.79 Å². The summed E-state index contributed by atoms with van der Waals surface area (Å²) in [6.45, 7) is 3.76. The van der Waals surface area contributed by atoms with Crippen molar-refractivity contribution in [1.82, 2.24) is 10.6 Å². The molecule has 7 nitrogen and oxygen atoms in total. The van der Waals surface area contributed by atoms with Crippen molar-refractivity contribution in [2.24, 2.45) is 0 Å². The average molecular weight is 398 g/mol. The van der Waals surface area contributed by atoms with Gasteiger partial charge in [0.05, 0.1) is 25.1 Å². The Morgan fingerprint density at radius 1 is 1.10 bits per heavy atom. The second-order valence-electron chi connectivity index (χ2n) is 6.80. The summed E-state index contributed by atoms with van der Waals surface area (Å²) in [4.78, 5) is 35.0. The Balaban J connectivity index is 1.96. The quantitative estimate of drug-likeness (QED) is 0.602. The number of carbonyl (C=O) groups excluding carboxylic acids is 2. The van der Waals surface area contributed by atoms with Gasteiger partial charge in [-0.2, -0.15) is 0 Å². The smallest absolute Gasteiger partial charge is 0.335 e. The molecule has 2 aromatic rings. The first-order valence-corrected chi connectivity index (χ1v) is 9.30. The summed E-state index contributed by atoms with van der Waals surface area (Å²) >= 11 is 0. The van der Waals surface area contributed by atoms with Crippen LogP contribution in [-0.2, 0) is 16.0 Å². The number of rotatable bonds is 9. The van der Waals surface area contributed by atoms with Crippen LogP contribution in [0.15, 0.2) is 42.5 Å². The number of aryl methyl sites for hydroxylation is 1. The Labute approximate surface area is 170 Å². The van der Waals surface area contributed by atoms with Crippen molar-refractivity contribution >= 4 is 17.8 Å². The summed E-state index contributed by atoms with van der Waals surface area (Å²) in [5.41, 5.74) is 2.91. The summed E-state index contributed by atoms with van der Waals surface area (Å²) in [6.07, 6.45) is 0.613. The zero-order chi connectivity index (χ0) is 21.4. The number of hydrogen-bond donors (Lipinski definition) is 3. The Hall–Kier alpha value is -3.35. The van der Waals surface area contributed by atoms with Crippen molar-refractivity contribution in [1.29, 1.82) is 0 Å². The number of benzene rings is 2. The van der Waals surface area contributed by atoms with Crippen LogP contribution in [0.2, 0.25) is 0 Å². The molecule has 0 fully saturated rings. The highest BCUT2D eigenvalue weighted by Gasteiger charge is 2.17. The number of carboxylic acids is 1. The first-order valence-electron chi connectivity index (χ1n) is 9.30. The molecular formula is C22H26N2O5. The number of nitrogens with one attached hydrogen (secondary N) is 2. The summed E-state index contributed by atoms with van der Waals surface area (Å²) in [6, 6.07) is 11.9. The van der Waals surface area contributed by atoms with Crippen LogP contribution in [0.4, 0.5) is 0 Å². The van der Waals surface area contributed by atoms with Gasteiger partial charge >= 0.3 is 5.97 Å². The molecule has 29 heavy (non-hydrogen) atoms. The average Bonchev–Trinajstić information content (AvgIpc) is 2.67. The standard InChI is InChI=1S/C22H26N2O5/c1-14-4-6-16(7-5-14)19(24-15(2)25)13-21(26)23-11-10-17-8-9-18(22(27)28)12-20(17)29-3/h4-9,12,19H,10-11,13H2,1-3H3,(H,23,26)(H,24,25)(H,27,28). The normalized spacial score (nSPS) is 11.4. The van der Waals surface area contributed by atoms with E-state index in [2.05, 4.69) is 10.6 Å². The lowest BCUT2D eigenvalue weighted by molar-refractivity contribution is -0.122. The maximum absolute atomic E-state index is 12.4. The maximum Gasteiger partial charge on any atom is 0.335 e. The van der Waals surface area contributed by atoms with Crippen LogP contribution < -0.4 is 15.4 Å². The molecule has 0 aromatic heterocycles. The van der Waals surface area contributed by atoms with Crippen LogP contribution in [0.1, 0.15) is 46.4 Å². The predicted molar refractivity (Wildman–Crippen MR) is 109 cm³/mol. The molecule has 2 rings (SSSR count). The zero-order valence-corrected chi connectivity index (χ0v) is 16.8. The summed E-state index contributed by atoms with van der Waals surface area (Å²) in [5.74, 6) is -0.949. The highest BCUT2D eigenvalue weighted by atomic mass is 16.5. The minimum Gasteiger partial charge on any atom is -0.496 e. The van der Waals surface area contributed by atoms with Crippen molar-refractivity contribution < 1.29 is 24.2 Å². The van der Waals surface area contributed by atoms with E-state index in [1.807, 2.05) is 31.2 Å². The SMILES string of the molecule is COc1cc(C(=O)O)ccc1CCNC(=O)CC(NC(C)=O)c1ccc(C)cc1. The second-order valence-corrected chi connectivity index (χ2v) is 6.80. The van der Waals surface area contributed by atoms with Crippen molar-refractivity contribution in [2.45, 2.75) is 32.7 Å². The molecule has 0 saturated heterocycles. The largest absolute Gasteiger partial charge is 0.496 e. The third-order valence-corrected chi connectivity index (χ3v) is 4.50. The Morgan fingerprint density at radius 3 is 2.38 bits per heavy atom. The first-order chi connectivity index (χ1) is 13.8. The molecule has 0 aliphatic heterocycles. The molecule has 0 aliphatic rings. The highest BCUT2D eigenvalue weighted by Crippen LogP contribution is 2.21.